The van der Waals surface area contributed by atoms with E-state index in [1.807, 2.05) is 0 Å². The van der Waals surface area contributed by atoms with Crippen LogP contribution >= 0.6 is 0 Å². The summed E-state index contributed by atoms with van der Waals surface area (Å²) in [6.07, 6.45) is 2.83. The van der Waals surface area contributed by atoms with Gasteiger partial charge in [-0.2, -0.15) is 0 Å². The quantitative estimate of drug-likeness (QED) is 0.669. The van der Waals surface area contributed by atoms with Crippen LogP contribution in [0.2, 0.25) is 0 Å². The Balaban J connectivity index is 2.50. The molecule has 0 radical (unpaired) electrons. The Labute approximate surface area is 108 Å². The fourth-order valence-corrected chi connectivity index (χ4v) is 5.24. The molecular weight excluding hydrogens is 208 g/mol. The molecule has 2 rings (SSSR count). The lowest BCUT2D eigenvalue weighted by molar-refractivity contribution is -0.905. The van der Waals surface area contributed by atoms with Crippen LogP contribution in [0.1, 0.15) is 33.6 Å². The molecule has 0 aromatic heterocycles. The summed E-state index contributed by atoms with van der Waals surface area (Å²) in [4.78, 5) is 2.49. The molecule has 17 heavy (non-hydrogen) atoms. The van der Waals surface area contributed by atoms with Crippen molar-refractivity contribution in [3.63, 3.8) is 0 Å². The van der Waals surface area contributed by atoms with Crippen molar-refractivity contribution in [2.24, 2.45) is 16.7 Å². The second-order valence-electron chi connectivity index (χ2n) is 8.30. The van der Waals surface area contributed by atoms with E-state index in [9.17, 15) is 0 Å². The first-order valence-corrected chi connectivity index (χ1v) is 7.01. The number of rotatable bonds is 2. The molecule has 0 amide bonds. The lowest BCUT2D eigenvalue weighted by atomic mass is 9.68. The van der Waals surface area contributed by atoms with Crippen molar-refractivity contribution >= 4 is 0 Å². The maximum Gasteiger partial charge on any atom is 0.110 e. The van der Waals surface area contributed by atoms with Crippen LogP contribution in [0.15, 0.2) is 0 Å². The van der Waals surface area contributed by atoms with Gasteiger partial charge in [-0.05, 0) is 38.3 Å². The van der Waals surface area contributed by atoms with Gasteiger partial charge in [0.1, 0.15) is 6.04 Å². The molecule has 0 aromatic carbocycles. The number of likely N-dealkylation sites (N-methyl/N-ethyl adjacent to an activating group) is 2. The number of nitrogens with zero attached hydrogens (tertiary/aromatic N) is 2. The molecule has 2 heteroatoms. The first-order valence-electron chi connectivity index (χ1n) is 7.01. The smallest absolute Gasteiger partial charge is 0.110 e. The van der Waals surface area contributed by atoms with Crippen LogP contribution in [0.5, 0.6) is 0 Å². The molecule has 2 fully saturated rings. The Bertz CT molecular complexity index is 313. The van der Waals surface area contributed by atoms with Crippen LogP contribution in [-0.4, -0.2) is 56.7 Å². The van der Waals surface area contributed by atoms with Gasteiger partial charge in [0, 0.05) is 5.41 Å². The molecule has 0 unspecified atom stereocenters. The summed E-state index contributed by atoms with van der Waals surface area (Å²) in [7, 11) is 11.7. The third-order valence-corrected chi connectivity index (χ3v) is 6.19. The van der Waals surface area contributed by atoms with Crippen molar-refractivity contribution in [2.75, 3.05) is 35.2 Å². The molecular formula is C15H31N2+. The zero-order valence-corrected chi connectivity index (χ0v) is 13.0. The van der Waals surface area contributed by atoms with Crippen LogP contribution in [0.3, 0.4) is 0 Å². The third-order valence-electron chi connectivity index (χ3n) is 6.19. The van der Waals surface area contributed by atoms with Gasteiger partial charge in [0.05, 0.1) is 27.2 Å². The molecule has 0 aliphatic heterocycles. The minimum atomic E-state index is 0.484. The fraction of sp³-hybridized carbons (Fsp3) is 1.00. The zero-order valence-electron chi connectivity index (χ0n) is 13.0. The zero-order chi connectivity index (χ0) is 13.2. The minimum Gasteiger partial charge on any atom is -0.327 e. The highest BCUT2D eigenvalue weighted by atomic mass is 15.4. The number of fused-ring (bicyclic) bond motifs is 2. The maximum absolute atomic E-state index is 2.55. The van der Waals surface area contributed by atoms with E-state index in [1.54, 1.807) is 0 Å². The molecule has 0 N–H and O–H groups in total. The highest BCUT2D eigenvalue weighted by Crippen LogP contribution is 2.67. The largest absolute Gasteiger partial charge is 0.327 e. The lowest BCUT2D eigenvalue weighted by Crippen LogP contribution is -2.61. The van der Waals surface area contributed by atoms with Crippen LogP contribution < -0.4 is 0 Å². The van der Waals surface area contributed by atoms with Crippen molar-refractivity contribution in [3.8, 4) is 0 Å². The van der Waals surface area contributed by atoms with E-state index in [4.69, 9.17) is 0 Å². The maximum atomic E-state index is 2.55. The molecule has 0 heterocycles. The number of hydrogen-bond donors (Lipinski definition) is 0. The summed E-state index contributed by atoms with van der Waals surface area (Å²) in [5, 5.41) is 0. The lowest BCUT2D eigenvalue weighted by Gasteiger charge is -2.48. The van der Waals surface area contributed by atoms with Crippen LogP contribution in [0.25, 0.3) is 0 Å². The number of hydrogen-bond acceptors (Lipinski definition) is 1. The van der Waals surface area contributed by atoms with Gasteiger partial charge in [0.2, 0.25) is 0 Å². The highest BCUT2D eigenvalue weighted by molar-refractivity contribution is 5.17. The van der Waals surface area contributed by atoms with E-state index < -0.39 is 0 Å². The molecule has 0 aromatic rings. The van der Waals surface area contributed by atoms with Gasteiger partial charge in [0.25, 0.3) is 0 Å². The summed E-state index contributed by atoms with van der Waals surface area (Å²) in [5.74, 6) is 0.866. The van der Waals surface area contributed by atoms with E-state index in [0.717, 1.165) is 22.5 Å². The summed E-state index contributed by atoms with van der Waals surface area (Å²) in [6, 6.07) is 1.50. The summed E-state index contributed by atoms with van der Waals surface area (Å²) < 4.78 is 1.10. The Morgan fingerprint density at radius 2 is 1.59 bits per heavy atom. The molecule has 100 valence electrons. The summed E-state index contributed by atoms with van der Waals surface area (Å²) in [5.41, 5.74) is 0.975. The van der Waals surface area contributed by atoms with Crippen molar-refractivity contribution in [3.05, 3.63) is 0 Å². The van der Waals surface area contributed by atoms with E-state index in [0.29, 0.717) is 10.8 Å². The Kier molecular flexibility index (Phi) is 2.73. The monoisotopic (exact) mass is 239 g/mol. The fourth-order valence-electron chi connectivity index (χ4n) is 5.24. The van der Waals surface area contributed by atoms with Crippen molar-refractivity contribution in [1.82, 2.24) is 4.90 Å². The predicted molar refractivity (Wildman–Crippen MR) is 73.9 cm³/mol. The Hall–Kier alpha value is -0.0800. The van der Waals surface area contributed by atoms with Crippen LogP contribution in [0.4, 0.5) is 0 Å². The molecule has 2 aliphatic carbocycles. The Morgan fingerprint density at radius 3 is 1.94 bits per heavy atom. The van der Waals surface area contributed by atoms with Gasteiger partial charge in [0.15, 0.2) is 0 Å². The average Bonchev–Trinajstić information content (AvgIpc) is 2.44. The third kappa shape index (κ3) is 1.53. The van der Waals surface area contributed by atoms with E-state index in [1.165, 1.54) is 12.8 Å². The molecule has 2 nitrogen and oxygen atoms in total. The van der Waals surface area contributed by atoms with E-state index in [2.05, 4.69) is 60.9 Å². The van der Waals surface area contributed by atoms with Gasteiger partial charge < -0.3 is 9.38 Å². The molecule has 2 saturated carbocycles. The van der Waals surface area contributed by atoms with Gasteiger partial charge in [-0.1, -0.05) is 20.8 Å². The summed E-state index contributed by atoms with van der Waals surface area (Å²) >= 11 is 0. The molecule has 0 spiro atoms. The number of quaternary nitrogens is 1. The summed E-state index contributed by atoms with van der Waals surface area (Å²) in [6.45, 7) is 7.57. The van der Waals surface area contributed by atoms with Gasteiger partial charge in [-0.3, -0.25) is 0 Å². The second-order valence-corrected chi connectivity index (χ2v) is 8.30. The second kappa shape index (κ2) is 3.48. The first kappa shape index (κ1) is 13.4. The van der Waals surface area contributed by atoms with Crippen LogP contribution in [0, 0.1) is 16.7 Å². The van der Waals surface area contributed by atoms with Gasteiger partial charge in [-0.25, -0.2) is 0 Å². The molecule has 2 aliphatic rings. The van der Waals surface area contributed by atoms with E-state index >= 15 is 0 Å². The van der Waals surface area contributed by atoms with Crippen LogP contribution in [-0.2, 0) is 0 Å². The molecule has 2 bridgehead atoms. The van der Waals surface area contributed by atoms with Crippen molar-refractivity contribution < 1.29 is 4.48 Å². The predicted octanol–water partition coefficient (Wildman–Crippen LogP) is 2.45. The topological polar surface area (TPSA) is 3.24 Å². The minimum absolute atomic E-state index is 0.484. The highest BCUT2D eigenvalue weighted by Gasteiger charge is 2.70. The van der Waals surface area contributed by atoms with Gasteiger partial charge in [-0.15, -0.1) is 0 Å². The van der Waals surface area contributed by atoms with Crippen molar-refractivity contribution in [1.29, 1.82) is 0 Å². The van der Waals surface area contributed by atoms with E-state index in [-0.39, 0.29) is 0 Å². The van der Waals surface area contributed by atoms with Gasteiger partial charge >= 0.3 is 0 Å². The molecule has 0 saturated heterocycles. The SMILES string of the molecule is CN(C)[C@H]1[C@H]2CC[C@@](C)([C@H]1[N+](C)(C)C)C2(C)C. The average molecular weight is 239 g/mol. The standard InChI is InChI=1S/C15H31N2/c1-14(2)11-9-10-15(14,3)13(17(6,7)8)12(11)16(4)5/h11-13H,9-10H2,1-8H3/q+1/t11-,12+,13+,15+/m1/s1. The molecule has 4 atom stereocenters. The first-order chi connectivity index (χ1) is 7.53. The Morgan fingerprint density at radius 1 is 1.06 bits per heavy atom. The normalized spacial score (nSPS) is 44.6. The van der Waals surface area contributed by atoms with Crippen molar-refractivity contribution in [2.45, 2.75) is 45.7 Å².